The Bertz CT molecular complexity index is 404. The van der Waals surface area contributed by atoms with E-state index >= 15 is 0 Å². The molecular formula is C17H26N2O. The predicted octanol–water partition coefficient (Wildman–Crippen LogP) is 3.39. The highest BCUT2D eigenvalue weighted by Crippen LogP contribution is 2.25. The van der Waals surface area contributed by atoms with E-state index in [1.807, 2.05) is 0 Å². The number of piperidine rings is 1. The molecule has 2 aliphatic rings. The standard InChI is InChI=1S/C17H26N2O/c20-17-10-12-19(13-11-17)16-8-6-15(7-9-16)18-14-4-2-1-3-5-14/h6-9,14,17-18,20H,1-5,10-13H2. The average Bonchev–Trinajstić information content (AvgIpc) is 2.50. The Morgan fingerprint density at radius 1 is 0.900 bits per heavy atom. The summed E-state index contributed by atoms with van der Waals surface area (Å²) in [5.74, 6) is 0. The summed E-state index contributed by atoms with van der Waals surface area (Å²) in [6, 6.07) is 9.50. The van der Waals surface area contributed by atoms with Gasteiger partial charge in [-0.2, -0.15) is 0 Å². The summed E-state index contributed by atoms with van der Waals surface area (Å²) < 4.78 is 0. The van der Waals surface area contributed by atoms with Gasteiger partial charge in [0.05, 0.1) is 6.10 Å². The van der Waals surface area contributed by atoms with Crippen LogP contribution in [0.5, 0.6) is 0 Å². The van der Waals surface area contributed by atoms with Gasteiger partial charge in [0.25, 0.3) is 0 Å². The van der Waals surface area contributed by atoms with Crippen LogP contribution in [0.4, 0.5) is 11.4 Å². The molecule has 1 saturated carbocycles. The van der Waals surface area contributed by atoms with Gasteiger partial charge in [0, 0.05) is 30.5 Å². The highest BCUT2D eigenvalue weighted by atomic mass is 16.3. The third-order valence-electron chi connectivity index (χ3n) is 4.67. The molecule has 0 atom stereocenters. The molecule has 2 N–H and O–H groups in total. The van der Waals surface area contributed by atoms with Crippen LogP contribution in [0.1, 0.15) is 44.9 Å². The van der Waals surface area contributed by atoms with Gasteiger partial charge < -0.3 is 15.3 Å². The zero-order valence-electron chi connectivity index (χ0n) is 12.2. The first-order chi connectivity index (χ1) is 9.81. The van der Waals surface area contributed by atoms with E-state index in [9.17, 15) is 5.11 Å². The van der Waals surface area contributed by atoms with Crippen molar-refractivity contribution >= 4 is 11.4 Å². The van der Waals surface area contributed by atoms with Crippen LogP contribution in [0.2, 0.25) is 0 Å². The molecule has 1 saturated heterocycles. The SMILES string of the molecule is OC1CCN(c2ccc(NC3CCCCC3)cc2)CC1. The zero-order valence-corrected chi connectivity index (χ0v) is 12.2. The summed E-state index contributed by atoms with van der Waals surface area (Å²) in [4.78, 5) is 2.37. The van der Waals surface area contributed by atoms with Crippen molar-refractivity contribution in [3.05, 3.63) is 24.3 Å². The molecular weight excluding hydrogens is 248 g/mol. The molecule has 1 heterocycles. The van der Waals surface area contributed by atoms with Crippen LogP contribution < -0.4 is 10.2 Å². The lowest BCUT2D eigenvalue weighted by Gasteiger charge is -2.31. The van der Waals surface area contributed by atoms with Crippen LogP contribution >= 0.6 is 0 Å². The quantitative estimate of drug-likeness (QED) is 0.887. The molecule has 0 bridgehead atoms. The second kappa shape index (κ2) is 6.49. The summed E-state index contributed by atoms with van der Waals surface area (Å²) in [7, 11) is 0. The van der Waals surface area contributed by atoms with Gasteiger partial charge in [-0.25, -0.2) is 0 Å². The van der Waals surface area contributed by atoms with E-state index in [4.69, 9.17) is 0 Å². The predicted molar refractivity (Wildman–Crippen MR) is 84.4 cm³/mol. The van der Waals surface area contributed by atoms with Crippen LogP contribution in [0.3, 0.4) is 0 Å². The fraction of sp³-hybridized carbons (Fsp3) is 0.647. The lowest BCUT2D eigenvalue weighted by atomic mass is 9.95. The van der Waals surface area contributed by atoms with Gasteiger partial charge in [0.1, 0.15) is 0 Å². The van der Waals surface area contributed by atoms with Crippen LogP contribution in [-0.2, 0) is 0 Å². The second-order valence-electron chi connectivity index (χ2n) is 6.24. The Labute approximate surface area is 122 Å². The Morgan fingerprint density at radius 2 is 1.55 bits per heavy atom. The van der Waals surface area contributed by atoms with E-state index in [0.29, 0.717) is 6.04 Å². The van der Waals surface area contributed by atoms with Gasteiger partial charge in [0.15, 0.2) is 0 Å². The molecule has 110 valence electrons. The Hall–Kier alpha value is -1.22. The maximum Gasteiger partial charge on any atom is 0.0574 e. The molecule has 0 radical (unpaired) electrons. The molecule has 0 spiro atoms. The minimum Gasteiger partial charge on any atom is -0.393 e. The van der Waals surface area contributed by atoms with Gasteiger partial charge in [-0.05, 0) is 49.9 Å². The Morgan fingerprint density at radius 3 is 2.20 bits per heavy atom. The molecule has 1 aromatic carbocycles. The Kier molecular flexibility index (Phi) is 4.46. The first-order valence-corrected chi connectivity index (χ1v) is 8.11. The van der Waals surface area contributed by atoms with E-state index in [0.717, 1.165) is 25.9 Å². The average molecular weight is 274 g/mol. The van der Waals surface area contributed by atoms with E-state index in [-0.39, 0.29) is 6.10 Å². The summed E-state index contributed by atoms with van der Waals surface area (Å²) in [5.41, 5.74) is 2.53. The molecule has 2 fully saturated rings. The fourth-order valence-corrected chi connectivity index (χ4v) is 3.38. The van der Waals surface area contributed by atoms with E-state index in [1.165, 1.54) is 43.5 Å². The first kappa shape index (κ1) is 13.7. The maximum absolute atomic E-state index is 9.56. The van der Waals surface area contributed by atoms with E-state index in [1.54, 1.807) is 0 Å². The number of hydrogen-bond donors (Lipinski definition) is 2. The van der Waals surface area contributed by atoms with Crippen molar-refractivity contribution in [2.75, 3.05) is 23.3 Å². The maximum atomic E-state index is 9.56. The summed E-state index contributed by atoms with van der Waals surface area (Å²) in [6.07, 6.45) is 8.44. The molecule has 3 heteroatoms. The molecule has 1 aliphatic heterocycles. The number of nitrogens with one attached hydrogen (secondary N) is 1. The van der Waals surface area contributed by atoms with Gasteiger partial charge in [-0.15, -0.1) is 0 Å². The number of hydrogen-bond acceptors (Lipinski definition) is 3. The van der Waals surface area contributed by atoms with Crippen LogP contribution in [-0.4, -0.2) is 30.3 Å². The largest absolute Gasteiger partial charge is 0.393 e. The van der Waals surface area contributed by atoms with Gasteiger partial charge in [-0.1, -0.05) is 19.3 Å². The number of benzene rings is 1. The highest BCUT2D eigenvalue weighted by Gasteiger charge is 2.17. The number of nitrogens with zero attached hydrogens (tertiary/aromatic N) is 1. The fourth-order valence-electron chi connectivity index (χ4n) is 3.38. The van der Waals surface area contributed by atoms with Crippen molar-refractivity contribution in [1.82, 2.24) is 0 Å². The second-order valence-corrected chi connectivity index (χ2v) is 6.24. The lowest BCUT2D eigenvalue weighted by Crippen LogP contribution is -2.35. The molecule has 1 aliphatic carbocycles. The summed E-state index contributed by atoms with van der Waals surface area (Å²) in [6.45, 7) is 1.94. The van der Waals surface area contributed by atoms with Crippen molar-refractivity contribution in [2.45, 2.75) is 57.1 Å². The number of aliphatic hydroxyl groups is 1. The molecule has 1 aromatic rings. The molecule has 3 nitrogen and oxygen atoms in total. The zero-order chi connectivity index (χ0) is 13.8. The van der Waals surface area contributed by atoms with Crippen LogP contribution in [0.15, 0.2) is 24.3 Å². The van der Waals surface area contributed by atoms with Crippen molar-refractivity contribution in [1.29, 1.82) is 0 Å². The van der Waals surface area contributed by atoms with Gasteiger partial charge in [-0.3, -0.25) is 0 Å². The molecule has 0 unspecified atom stereocenters. The van der Waals surface area contributed by atoms with Crippen LogP contribution in [0, 0.1) is 0 Å². The normalized spacial score (nSPS) is 21.9. The van der Waals surface area contributed by atoms with Crippen molar-refractivity contribution in [3.8, 4) is 0 Å². The van der Waals surface area contributed by atoms with Crippen molar-refractivity contribution < 1.29 is 5.11 Å². The van der Waals surface area contributed by atoms with E-state index in [2.05, 4.69) is 34.5 Å². The third kappa shape index (κ3) is 3.45. The topological polar surface area (TPSA) is 35.5 Å². The Balaban J connectivity index is 1.56. The number of rotatable bonds is 3. The summed E-state index contributed by atoms with van der Waals surface area (Å²) in [5, 5.41) is 13.2. The van der Waals surface area contributed by atoms with Gasteiger partial charge >= 0.3 is 0 Å². The monoisotopic (exact) mass is 274 g/mol. The third-order valence-corrected chi connectivity index (χ3v) is 4.67. The summed E-state index contributed by atoms with van der Waals surface area (Å²) >= 11 is 0. The van der Waals surface area contributed by atoms with Crippen molar-refractivity contribution in [3.63, 3.8) is 0 Å². The molecule has 0 amide bonds. The van der Waals surface area contributed by atoms with Crippen LogP contribution in [0.25, 0.3) is 0 Å². The van der Waals surface area contributed by atoms with Crippen molar-refractivity contribution in [2.24, 2.45) is 0 Å². The highest BCUT2D eigenvalue weighted by molar-refractivity contribution is 5.55. The number of aliphatic hydroxyl groups excluding tert-OH is 1. The molecule has 3 rings (SSSR count). The minimum absolute atomic E-state index is 0.0986. The van der Waals surface area contributed by atoms with Gasteiger partial charge in [0.2, 0.25) is 0 Å². The molecule has 20 heavy (non-hydrogen) atoms. The minimum atomic E-state index is -0.0986. The molecule has 0 aromatic heterocycles. The lowest BCUT2D eigenvalue weighted by molar-refractivity contribution is 0.145. The number of anilines is 2. The van der Waals surface area contributed by atoms with E-state index < -0.39 is 0 Å². The first-order valence-electron chi connectivity index (χ1n) is 8.11. The smallest absolute Gasteiger partial charge is 0.0574 e.